The highest BCUT2D eigenvalue weighted by molar-refractivity contribution is 7.16. The Balaban J connectivity index is 2.31. The van der Waals surface area contributed by atoms with Gasteiger partial charge in [-0.25, -0.2) is 4.98 Å². The fourth-order valence-electron chi connectivity index (χ4n) is 2.20. The van der Waals surface area contributed by atoms with Gasteiger partial charge >= 0.3 is 0 Å². The van der Waals surface area contributed by atoms with Crippen LogP contribution in [0, 0.1) is 0 Å². The first-order valence-corrected chi connectivity index (χ1v) is 8.67. The topological polar surface area (TPSA) is 42.0 Å². The number of rotatable bonds is 4. The van der Waals surface area contributed by atoms with Gasteiger partial charge < -0.3 is 0 Å². The maximum atomic E-state index is 11.7. The van der Waals surface area contributed by atoms with E-state index in [1.807, 2.05) is 31.2 Å². The van der Waals surface area contributed by atoms with Crippen LogP contribution < -0.4 is 5.32 Å². The van der Waals surface area contributed by atoms with Crippen molar-refractivity contribution in [2.45, 2.75) is 39.5 Å². The number of aromatic nitrogens is 1. The van der Waals surface area contributed by atoms with Gasteiger partial charge in [-0.1, -0.05) is 50.6 Å². The number of benzene rings is 1. The van der Waals surface area contributed by atoms with E-state index in [0.29, 0.717) is 5.13 Å². The summed E-state index contributed by atoms with van der Waals surface area (Å²) in [5.74, 6) is -0.153. The molecule has 1 aromatic carbocycles. The normalized spacial score (nSPS) is 11.9. The lowest BCUT2D eigenvalue weighted by molar-refractivity contribution is -0.111. The number of halogens is 1. The van der Waals surface area contributed by atoms with Gasteiger partial charge in [0.1, 0.15) is 0 Å². The maximum absolute atomic E-state index is 11.7. The van der Waals surface area contributed by atoms with Crippen LogP contribution in [-0.4, -0.2) is 10.9 Å². The first-order valence-electron chi connectivity index (χ1n) is 7.48. The van der Waals surface area contributed by atoms with Crippen molar-refractivity contribution in [2.24, 2.45) is 0 Å². The minimum Gasteiger partial charge on any atom is -0.298 e. The zero-order chi connectivity index (χ0) is 17.0. The fourth-order valence-corrected chi connectivity index (χ4v) is 3.53. The minimum atomic E-state index is -0.153. The summed E-state index contributed by atoms with van der Waals surface area (Å²) in [5, 5.41) is 4.20. The molecule has 0 fully saturated rings. The molecule has 0 saturated carbocycles. The SMILES string of the molecule is C/C=C/C(=O)Nc1nc(C(C)(C)C)c(Cc2ccc(Cl)cc2)s1. The summed E-state index contributed by atoms with van der Waals surface area (Å²) in [7, 11) is 0. The van der Waals surface area contributed by atoms with Crippen LogP contribution in [-0.2, 0) is 16.6 Å². The predicted molar refractivity (Wildman–Crippen MR) is 98.5 cm³/mol. The zero-order valence-corrected chi connectivity index (χ0v) is 15.4. The van der Waals surface area contributed by atoms with Crippen LogP contribution in [0.25, 0.3) is 0 Å². The number of carbonyl (C=O) groups is 1. The van der Waals surface area contributed by atoms with E-state index < -0.39 is 0 Å². The Bertz CT molecular complexity index is 712. The van der Waals surface area contributed by atoms with Crippen molar-refractivity contribution >= 4 is 34.0 Å². The third-order valence-electron chi connectivity index (χ3n) is 3.23. The highest BCUT2D eigenvalue weighted by Gasteiger charge is 2.23. The Morgan fingerprint density at radius 2 is 1.96 bits per heavy atom. The fraction of sp³-hybridized carbons (Fsp3) is 0.333. The Kier molecular flexibility index (Phi) is 5.60. The highest BCUT2D eigenvalue weighted by atomic mass is 35.5. The second-order valence-corrected chi connectivity index (χ2v) is 7.85. The molecule has 0 spiro atoms. The van der Waals surface area contributed by atoms with E-state index in [1.54, 1.807) is 6.08 Å². The van der Waals surface area contributed by atoms with E-state index >= 15 is 0 Å². The third kappa shape index (κ3) is 4.91. The van der Waals surface area contributed by atoms with Gasteiger partial charge in [0.05, 0.1) is 5.69 Å². The van der Waals surface area contributed by atoms with Crippen molar-refractivity contribution in [1.29, 1.82) is 0 Å². The van der Waals surface area contributed by atoms with Crippen LogP contribution in [0.5, 0.6) is 0 Å². The standard InChI is InChI=1S/C18H21ClN2OS/c1-5-6-15(22)20-17-21-16(18(2,3)4)14(23-17)11-12-7-9-13(19)10-8-12/h5-10H,11H2,1-4H3,(H,20,21,22)/b6-5+. The van der Waals surface area contributed by atoms with Crippen LogP contribution in [0.2, 0.25) is 5.02 Å². The second-order valence-electron chi connectivity index (χ2n) is 6.33. The molecule has 1 heterocycles. The number of nitrogens with one attached hydrogen (secondary N) is 1. The molecule has 0 aliphatic rings. The molecule has 0 unspecified atom stereocenters. The molecule has 0 atom stereocenters. The number of hydrogen-bond acceptors (Lipinski definition) is 3. The average Bonchev–Trinajstić information content (AvgIpc) is 2.84. The lowest BCUT2D eigenvalue weighted by Crippen LogP contribution is -2.15. The average molecular weight is 349 g/mol. The summed E-state index contributed by atoms with van der Waals surface area (Å²) in [6, 6.07) is 7.83. The van der Waals surface area contributed by atoms with Gasteiger partial charge in [-0.05, 0) is 30.7 Å². The molecule has 23 heavy (non-hydrogen) atoms. The highest BCUT2D eigenvalue weighted by Crippen LogP contribution is 2.33. The van der Waals surface area contributed by atoms with E-state index in [1.165, 1.54) is 23.0 Å². The molecule has 0 radical (unpaired) electrons. The van der Waals surface area contributed by atoms with E-state index in [0.717, 1.165) is 22.0 Å². The van der Waals surface area contributed by atoms with E-state index in [2.05, 4.69) is 31.1 Å². The molecule has 1 N–H and O–H groups in total. The van der Waals surface area contributed by atoms with Gasteiger partial charge in [0.2, 0.25) is 5.91 Å². The molecule has 122 valence electrons. The number of hydrogen-bond donors (Lipinski definition) is 1. The molecule has 0 saturated heterocycles. The van der Waals surface area contributed by atoms with Crippen molar-refractivity contribution < 1.29 is 4.79 Å². The van der Waals surface area contributed by atoms with Crippen LogP contribution in [0.4, 0.5) is 5.13 Å². The number of amides is 1. The van der Waals surface area contributed by atoms with Gasteiger partial charge in [-0.2, -0.15) is 0 Å². The molecule has 3 nitrogen and oxygen atoms in total. The summed E-state index contributed by atoms with van der Waals surface area (Å²) in [4.78, 5) is 17.5. The molecule has 0 bridgehead atoms. The van der Waals surface area contributed by atoms with Crippen LogP contribution in [0.15, 0.2) is 36.4 Å². The molecule has 0 aliphatic carbocycles. The Labute approximate surface area is 146 Å². The van der Waals surface area contributed by atoms with Crippen LogP contribution in [0.1, 0.15) is 43.8 Å². The first-order chi connectivity index (χ1) is 10.8. The van der Waals surface area contributed by atoms with Gasteiger partial charge in [-0.15, -0.1) is 11.3 Å². The van der Waals surface area contributed by atoms with Gasteiger partial charge in [-0.3, -0.25) is 10.1 Å². The van der Waals surface area contributed by atoms with Crippen molar-refractivity contribution in [3.63, 3.8) is 0 Å². The number of anilines is 1. The van der Waals surface area contributed by atoms with E-state index in [-0.39, 0.29) is 11.3 Å². The van der Waals surface area contributed by atoms with Crippen LogP contribution in [0.3, 0.4) is 0 Å². The lowest BCUT2D eigenvalue weighted by Gasteiger charge is -2.17. The predicted octanol–water partition coefficient (Wildman–Crippen LogP) is 5.20. The number of allylic oxidation sites excluding steroid dienone is 1. The summed E-state index contributed by atoms with van der Waals surface area (Å²) in [5.41, 5.74) is 2.12. The van der Waals surface area contributed by atoms with Gasteiger partial charge in [0.15, 0.2) is 5.13 Å². The summed E-state index contributed by atoms with van der Waals surface area (Å²) in [6.07, 6.45) is 3.99. The quantitative estimate of drug-likeness (QED) is 0.771. The van der Waals surface area contributed by atoms with Crippen molar-refractivity contribution in [3.8, 4) is 0 Å². The molecule has 1 aromatic heterocycles. The Morgan fingerprint density at radius 3 is 2.52 bits per heavy atom. The summed E-state index contributed by atoms with van der Waals surface area (Å²) < 4.78 is 0. The molecular formula is C18H21ClN2OS. The lowest BCUT2D eigenvalue weighted by atomic mass is 9.90. The smallest absolute Gasteiger partial charge is 0.249 e. The Morgan fingerprint density at radius 1 is 1.30 bits per heavy atom. The summed E-state index contributed by atoms with van der Waals surface area (Å²) >= 11 is 7.48. The Hall–Kier alpha value is -1.65. The van der Waals surface area contributed by atoms with Crippen molar-refractivity contribution in [3.05, 3.63) is 57.6 Å². The van der Waals surface area contributed by atoms with Crippen molar-refractivity contribution in [2.75, 3.05) is 5.32 Å². The molecule has 2 rings (SSSR count). The molecule has 1 amide bonds. The zero-order valence-electron chi connectivity index (χ0n) is 13.8. The molecular weight excluding hydrogens is 328 g/mol. The molecule has 2 aromatic rings. The second kappa shape index (κ2) is 7.28. The van der Waals surface area contributed by atoms with E-state index in [4.69, 9.17) is 11.6 Å². The number of nitrogens with zero attached hydrogens (tertiary/aromatic N) is 1. The van der Waals surface area contributed by atoms with Gasteiger partial charge in [0.25, 0.3) is 0 Å². The van der Waals surface area contributed by atoms with Crippen LogP contribution >= 0.6 is 22.9 Å². The monoisotopic (exact) mass is 348 g/mol. The third-order valence-corrected chi connectivity index (χ3v) is 4.46. The number of carbonyl (C=O) groups excluding carboxylic acids is 1. The summed E-state index contributed by atoms with van der Waals surface area (Å²) in [6.45, 7) is 8.20. The van der Waals surface area contributed by atoms with E-state index in [9.17, 15) is 4.79 Å². The maximum Gasteiger partial charge on any atom is 0.249 e. The number of thiazole rings is 1. The minimum absolute atomic E-state index is 0.0815. The molecule has 0 aliphatic heterocycles. The first kappa shape index (κ1) is 17.7. The largest absolute Gasteiger partial charge is 0.298 e. The van der Waals surface area contributed by atoms with Crippen molar-refractivity contribution in [1.82, 2.24) is 4.98 Å². The molecule has 5 heteroatoms. The van der Waals surface area contributed by atoms with Gasteiger partial charge in [0, 0.05) is 21.7 Å².